The summed E-state index contributed by atoms with van der Waals surface area (Å²) >= 11 is 1.38. The number of anilines is 1. The summed E-state index contributed by atoms with van der Waals surface area (Å²) in [6.45, 7) is 1.45. The first-order valence-corrected chi connectivity index (χ1v) is 5.87. The van der Waals surface area contributed by atoms with Gasteiger partial charge in [-0.15, -0.1) is 11.3 Å². The van der Waals surface area contributed by atoms with E-state index in [4.69, 9.17) is 10.5 Å². The maximum atomic E-state index is 11.8. The van der Waals surface area contributed by atoms with Crippen LogP contribution in [0.3, 0.4) is 0 Å². The highest BCUT2D eigenvalue weighted by Gasteiger charge is 2.18. The Morgan fingerprint density at radius 1 is 1.53 bits per heavy atom. The fourth-order valence-corrected chi connectivity index (χ4v) is 2.32. The molecule has 0 bridgehead atoms. The third-order valence-electron chi connectivity index (χ3n) is 2.46. The van der Waals surface area contributed by atoms with Crippen LogP contribution in [0.1, 0.15) is 22.5 Å². The van der Waals surface area contributed by atoms with Gasteiger partial charge in [-0.3, -0.25) is 4.79 Å². The highest BCUT2D eigenvalue weighted by molar-refractivity contribution is 7.12. The number of hydrogen-bond acceptors (Lipinski definition) is 4. The number of thiophene rings is 1. The second-order valence-corrected chi connectivity index (χ2v) is 4.48. The quantitative estimate of drug-likeness (QED) is 0.797. The van der Waals surface area contributed by atoms with Gasteiger partial charge in [0, 0.05) is 19.3 Å². The van der Waals surface area contributed by atoms with Gasteiger partial charge in [-0.1, -0.05) is 0 Å². The van der Waals surface area contributed by atoms with Crippen LogP contribution < -0.4 is 11.1 Å². The largest absolute Gasteiger partial charge is 0.397 e. The van der Waals surface area contributed by atoms with Gasteiger partial charge >= 0.3 is 0 Å². The number of amides is 1. The van der Waals surface area contributed by atoms with Crippen molar-refractivity contribution < 1.29 is 9.53 Å². The van der Waals surface area contributed by atoms with Crippen molar-refractivity contribution in [3.8, 4) is 0 Å². The normalized spacial score (nSPS) is 17.6. The predicted molar refractivity (Wildman–Crippen MR) is 60.0 cm³/mol. The molecule has 1 amide bonds. The molecule has 0 radical (unpaired) electrons. The zero-order chi connectivity index (χ0) is 10.7. The molecule has 5 heteroatoms. The molecule has 2 heterocycles. The van der Waals surface area contributed by atoms with Gasteiger partial charge < -0.3 is 15.8 Å². The molecule has 0 aromatic carbocycles. The van der Waals surface area contributed by atoms with E-state index >= 15 is 0 Å². The van der Waals surface area contributed by atoms with Crippen molar-refractivity contribution in [2.75, 3.05) is 18.9 Å². The van der Waals surface area contributed by atoms with E-state index in [9.17, 15) is 4.79 Å². The first-order valence-electron chi connectivity index (χ1n) is 4.99. The molecule has 1 saturated heterocycles. The molecule has 82 valence electrons. The summed E-state index contributed by atoms with van der Waals surface area (Å²) in [5.74, 6) is -0.0607. The van der Waals surface area contributed by atoms with Crippen LogP contribution in [0.2, 0.25) is 0 Å². The minimum atomic E-state index is -0.0607. The van der Waals surface area contributed by atoms with Gasteiger partial charge in [0.15, 0.2) is 0 Å². The third kappa shape index (κ3) is 2.49. The Hall–Kier alpha value is -1.07. The van der Waals surface area contributed by atoms with Crippen LogP contribution in [0.15, 0.2) is 11.4 Å². The smallest absolute Gasteiger partial charge is 0.263 e. The van der Waals surface area contributed by atoms with Gasteiger partial charge in [0.05, 0.1) is 5.69 Å². The maximum Gasteiger partial charge on any atom is 0.263 e. The van der Waals surface area contributed by atoms with Gasteiger partial charge in [0.25, 0.3) is 5.91 Å². The zero-order valence-electron chi connectivity index (χ0n) is 8.36. The van der Waals surface area contributed by atoms with E-state index in [-0.39, 0.29) is 11.9 Å². The number of nitrogen functional groups attached to an aromatic ring is 1. The van der Waals surface area contributed by atoms with Crippen molar-refractivity contribution in [3.05, 3.63) is 16.3 Å². The van der Waals surface area contributed by atoms with Crippen LogP contribution in [0.5, 0.6) is 0 Å². The van der Waals surface area contributed by atoms with Crippen molar-refractivity contribution in [3.63, 3.8) is 0 Å². The van der Waals surface area contributed by atoms with E-state index < -0.39 is 0 Å². The fourth-order valence-electron chi connectivity index (χ4n) is 1.60. The van der Waals surface area contributed by atoms with E-state index in [1.807, 2.05) is 5.38 Å². The number of carbonyl (C=O) groups excluding carboxylic acids is 1. The van der Waals surface area contributed by atoms with Crippen molar-refractivity contribution >= 4 is 22.9 Å². The number of rotatable bonds is 2. The number of nitrogens with two attached hydrogens (primary N) is 1. The molecule has 3 N–H and O–H groups in total. The molecule has 1 aromatic heterocycles. The average molecular weight is 226 g/mol. The van der Waals surface area contributed by atoms with E-state index in [2.05, 4.69) is 5.32 Å². The van der Waals surface area contributed by atoms with Gasteiger partial charge in [-0.05, 0) is 24.3 Å². The molecule has 0 saturated carbocycles. The molecule has 0 atom stereocenters. The van der Waals surface area contributed by atoms with Crippen LogP contribution in [-0.4, -0.2) is 25.2 Å². The van der Waals surface area contributed by atoms with Crippen LogP contribution in [-0.2, 0) is 4.74 Å². The van der Waals surface area contributed by atoms with Gasteiger partial charge in [0.1, 0.15) is 4.88 Å². The van der Waals surface area contributed by atoms with E-state index in [0.29, 0.717) is 10.6 Å². The molecule has 4 nitrogen and oxygen atoms in total. The molecule has 0 aliphatic carbocycles. The molecular formula is C10H14N2O2S. The molecule has 1 fully saturated rings. The summed E-state index contributed by atoms with van der Waals surface area (Å²) in [5.41, 5.74) is 6.23. The lowest BCUT2D eigenvalue weighted by atomic mass is 10.1. The SMILES string of the molecule is Nc1ccsc1C(=O)NC1CCOCC1. The van der Waals surface area contributed by atoms with Crippen LogP contribution >= 0.6 is 11.3 Å². The summed E-state index contributed by atoms with van der Waals surface area (Å²) in [4.78, 5) is 12.4. The highest BCUT2D eigenvalue weighted by atomic mass is 32.1. The van der Waals surface area contributed by atoms with Gasteiger partial charge in [0.2, 0.25) is 0 Å². The first-order chi connectivity index (χ1) is 7.27. The lowest BCUT2D eigenvalue weighted by Gasteiger charge is -2.22. The summed E-state index contributed by atoms with van der Waals surface area (Å²) in [5, 5.41) is 4.80. The number of carbonyl (C=O) groups is 1. The third-order valence-corrected chi connectivity index (χ3v) is 3.39. The van der Waals surface area contributed by atoms with Crippen LogP contribution in [0.25, 0.3) is 0 Å². The minimum Gasteiger partial charge on any atom is -0.397 e. The average Bonchev–Trinajstić information content (AvgIpc) is 2.66. The molecular weight excluding hydrogens is 212 g/mol. The van der Waals surface area contributed by atoms with Crippen molar-refractivity contribution in [2.24, 2.45) is 0 Å². The topological polar surface area (TPSA) is 64.4 Å². The van der Waals surface area contributed by atoms with Crippen molar-refractivity contribution in [1.82, 2.24) is 5.32 Å². The minimum absolute atomic E-state index is 0.0607. The molecule has 1 aliphatic rings. The first kappa shape index (κ1) is 10.4. The molecule has 0 spiro atoms. The Balaban J connectivity index is 1.94. The van der Waals surface area contributed by atoms with E-state index in [1.54, 1.807) is 6.07 Å². The Labute approximate surface area is 92.4 Å². The van der Waals surface area contributed by atoms with Crippen molar-refractivity contribution in [1.29, 1.82) is 0 Å². The highest BCUT2D eigenvalue weighted by Crippen LogP contribution is 2.19. The molecule has 2 rings (SSSR count). The summed E-state index contributed by atoms with van der Waals surface area (Å²) in [6.07, 6.45) is 1.77. The van der Waals surface area contributed by atoms with E-state index in [1.165, 1.54) is 11.3 Å². The number of nitrogens with one attached hydrogen (secondary N) is 1. The Kier molecular flexibility index (Phi) is 3.23. The van der Waals surface area contributed by atoms with Gasteiger partial charge in [-0.25, -0.2) is 0 Å². The van der Waals surface area contributed by atoms with Crippen LogP contribution in [0, 0.1) is 0 Å². The molecule has 1 aliphatic heterocycles. The standard InChI is InChI=1S/C10H14N2O2S/c11-8-3-6-15-9(8)10(13)12-7-1-4-14-5-2-7/h3,6-7H,1-2,4-5,11H2,(H,12,13). The van der Waals surface area contributed by atoms with E-state index in [0.717, 1.165) is 26.1 Å². The van der Waals surface area contributed by atoms with Crippen LogP contribution in [0.4, 0.5) is 5.69 Å². The lowest BCUT2D eigenvalue weighted by Crippen LogP contribution is -2.38. The number of ether oxygens (including phenoxy) is 1. The second-order valence-electron chi connectivity index (χ2n) is 3.57. The number of hydrogen-bond donors (Lipinski definition) is 2. The molecule has 0 unspecified atom stereocenters. The lowest BCUT2D eigenvalue weighted by molar-refractivity contribution is 0.0699. The van der Waals surface area contributed by atoms with Crippen molar-refractivity contribution in [2.45, 2.75) is 18.9 Å². The Morgan fingerprint density at radius 3 is 2.87 bits per heavy atom. The monoisotopic (exact) mass is 226 g/mol. The predicted octanol–water partition coefficient (Wildman–Crippen LogP) is 1.24. The second kappa shape index (κ2) is 4.63. The Morgan fingerprint density at radius 2 is 2.27 bits per heavy atom. The zero-order valence-corrected chi connectivity index (χ0v) is 9.18. The maximum absolute atomic E-state index is 11.8. The molecule has 1 aromatic rings. The summed E-state index contributed by atoms with van der Waals surface area (Å²) in [7, 11) is 0. The van der Waals surface area contributed by atoms with Gasteiger partial charge in [-0.2, -0.15) is 0 Å². The summed E-state index contributed by atoms with van der Waals surface area (Å²) < 4.78 is 5.22. The fraction of sp³-hybridized carbons (Fsp3) is 0.500. The summed E-state index contributed by atoms with van der Waals surface area (Å²) in [6, 6.07) is 1.98. The Bertz CT molecular complexity index is 345. The molecule has 15 heavy (non-hydrogen) atoms.